The van der Waals surface area contributed by atoms with E-state index in [4.69, 9.17) is 4.74 Å². The molecule has 1 heteroatoms. The van der Waals surface area contributed by atoms with Crippen LogP contribution >= 0.6 is 0 Å². The zero-order chi connectivity index (χ0) is 10.8. The molecule has 1 nitrogen and oxygen atoms in total. The van der Waals surface area contributed by atoms with Gasteiger partial charge in [-0.05, 0) is 41.7 Å². The standard InChI is InChI=1S/C15H16O/c1-2-6-13-11-14(9-8-12(13)5-1)15-7-3-4-10-16-15/h1-2,5-6,8-9,11,15H,3-4,7,10H2. The predicted molar refractivity (Wildman–Crippen MR) is 66.5 cm³/mol. The van der Waals surface area contributed by atoms with Crippen LogP contribution in [0.5, 0.6) is 0 Å². The molecule has 1 unspecified atom stereocenters. The van der Waals surface area contributed by atoms with Crippen molar-refractivity contribution in [2.45, 2.75) is 25.4 Å². The van der Waals surface area contributed by atoms with Gasteiger partial charge in [0.2, 0.25) is 0 Å². The van der Waals surface area contributed by atoms with Crippen LogP contribution in [0.15, 0.2) is 42.5 Å². The van der Waals surface area contributed by atoms with E-state index in [1.165, 1.54) is 35.6 Å². The van der Waals surface area contributed by atoms with Gasteiger partial charge < -0.3 is 4.74 Å². The molecule has 2 aromatic rings. The van der Waals surface area contributed by atoms with Crippen LogP contribution in [0, 0.1) is 0 Å². The molecule has 0 amide bonds. The first-order valence-electron chi connectivity index (χ1n) is 6.04. The van der Waals surface area contributed by atoms with E-state index in [-0.39, 0.29) is 0 Å². The highest BCUT2D eigenvalue weighted by molar-refractivity contribution is 5.83. The van der Waals surface area contributed by atoms with Gasteiger partial charge in [0.25, 0.3) is 0 Å². The van der Waals surface area contributed by atoms with E-state index in [9.17, 15) is 0 Å². The second kappa shape index (κ2) is 4.26. The third-order valence-corrected chi connectivity index (χ3v) is 3.32. The summed E-state index contributed by atoms with van der Waals surface area (Å²) >= 11 is 0. The zero-order valence-corrected chi connectivity index (χ0v) is 9.36. The predicted octanol–water partition coefficient (Wildman–Crippen LogP) is 4.08. The molecule has 16 heavy (non-hydrogen) atoms. The van der Waals surface area contributed by atoms with Crippen LogP contribution in [-0.2, 0) is 4.74 Å². The molecule has 0 aliphatic carbocycles. The van der Waals surface area contributed by atoms with Gasteiger partial charge in [-0.1, -0.05) is 36.4 Å². The van der Waals surface area contributed by atoms with E-state index >= 15 is 0 Å². The highest BCUT2D eigenvalue weighted by Crippen LogP contribution is 2.29. The van der Waals surface area contributed by atoms with Crippen molar-refractivity contribution >= 4 is 10.8 Å². The molecule has 1 aliphatic rings. The van der Waals surface area contributed by atoms with Crippen LogP contribution < -0.4 is 0 Å². The van der Waals surface area contributed by atoms with Gasteiger partial charge in [0.1, 0.15) is 0 Å². The molecule has 1 aliphatic heterocycles. The summed E-state index contributed by atoms with van der Waals surface area (Å²) in [5.74, 6) is 0. The fourth-order valence-corrected chi connectivity index (χ4v) is 2.41. The van der Waals surface area contributed by atoms with Gasteiger partial charge >= 0.3 is 0 Å². The Bertz CT molecular complexity index is 484. The number of benzene rings is 2. The summed E-state index contributed by atoms with van der Waals surface area (Å²) in [6.07, 6.45) is 3.98. The second-order valence-electron chi connectivity index (χ2n) is 4.46. The smallest absolute Gasteiger partial charge is 0.0825 e. The van der Waals surface area contributed by atoms with Crippen LogP contribution in [0.3, 0.4) is 0 Å². The topological polar surface area (TPSA) is 9.23 Å². The van der Waals surface area contributed by atoms with E-state index in [0.29, 0.717) is 6.10 Å². The monoisotopic (exact) mass is 212 g/mol. The Morgan fingerprint density at radius 1 is 0.938 bits per heavy atom. The molecule has 0 saturated carbocycles. The van der Waals surface area contributed by atoms with Gasteiger partial charge in [0.15, 0.2) is 0 Å². The number of hydrogen-bond donors (Lipinski definition) is 0. The maximum atomic E-state index is 5.81. The molecule has 1 fully saturated rings. The van der Waals surface area contributed by atoms with Crippen molar-refractivity contribution in [1.29, 1.82) is 0 Å². The summed E-state index contributed by atoms with van der Waals surface area (Å²) in [6, 6.07) is 15.2. The lowest BCUT2D eigenvalue weighted by Gasteiger charge is -2.23. The zero-order valence-electron chi connectivity index (χ0n) is 9.36. The van der Waals surface area contributed by atoms with Crippen LogP contribution in [0.1, 0.15) is 30.9 Å². The molecule has 1 saturated heterocycles. The van der Waals surface area contributed by atoms with Crippen LogP contribution in [-0.4, -0.2) is 6.61 Å². The Hall–Kier alpha value is -1.34. The van der Waals surface area contributed by atoms with Crippen molar-refractivity contribution in [2.75, 3.05) is 6.61 Å². The lowest BCUT2D eigenvalue weighted by atomic mass is 9.98. The fourth-order valence-electron chi connectivity index (χ4n) is 2.41. The van der Waals surface area contributed by atoms with Crippen molar-refractivity contribution in [3.8, 4) is 0 Å². The molecule has 0 aromatic heterocycles. The average molecular weight is 212 g/mol. The van der Waals surface area contributed by atoms with Crippen LogP contribution in [0.25, 0.3) is 10.8 Å². The Morgan fingerprint density at radius 3 is 2.62 bits per heavy atom. The van der Waals surface area contributed by atoms with Gasteiger partial charge in [-0.3, -0.25) is 0 Å². The highest BCUT2D eigenvalue weighted by atomic mass is 16.5. The van der Waals surface area contributed by atoms with E-state index in [1.807, 2.05) is 0 Å². The third-order valence-electron chi connectivity index (χ3n) is 3.32. The third kappa shape index (κ3) is 1.83. The first-order valence-corrected chi connectivity index (χ1v) is 6.04. The van der Waals surface area contributed by atoms with Gasteiger partial charge in [0, 0.05) is 6.61 Å². The number of rotatable bonds is 1. The minimum Gasteiger partial charge on any atom is -0.374 e. The normalized spacial score (nSPS) is 21.1. The van der Waals surface area contributed by atoms with E-state index in [0.717, 1.165) is 6.61 Å². The molecule has 0 radical (unpaired) electrons. The summed E-state index contributed by atoms with van der Waals surface area (Å²) in [7, 11) is 0. The van der Waals surface area contributed by atoms with Crippen LogP contribution in [0.4, 0.5) is 0 Å². The summed E-state index contributed by atoms with van der Waals surface area (Å²) in [6.45, 7) is 0.914. The quantitative estimate of drug-likeness (QED) is 0.692. The Balaban J connectivity index is 1.97. The van der Waals surface area contributed by atoms with Crippen molar-refractivity contribution in [3.05, 3.63) is 48.0 Å². The fraction of sp³-hybridized carbons (Fsp3) is 0.333. The summed E-state index contributed by atoms with van der Waals surface area (Å²) < 4.78 is 5.81. The summed E-state index contributed by atoms with van der Waals surface area (Å²) in [4.78, 5) is 0. The van der Waals surface area contributed by atoms with Gasteiger partial charge in [-0.2, -0.15) is 0 Å². The molecule has 0 spiro atoms. The number of hydrogen-bond acceptors (Lipinski definition) is 1. The van der Waals surface area contributed by atoms with E-state index < -0.39 is 0 Å². The van der Waals surface area contributed by atoms with E-state index in [1.54, 1.807) is 0 Å². The van der Waals surface area contributed by atoms with Crippen molar-refractivity contribution < 1.29 is 4.74 Å². The molecule has 3 rings (SSSR count). The van der Waals surface area contributed by atoms with Gasteiger partial charge in [-0.25, -0.2) is 0 Å². The summed E-state index contributed by atoms with van der Waals surface area (Å²) in [5.41, 5.74) is 1.33. The largest absolute Gasteiger partial charge is 0.374 e. The Morgan fingerprint density at radius 2 is 1.81 bits per heavy atom. The summed E-state index contributed by atoms with van der Waals surface area (Å²) in [5, 5.41) is 2.62. The molecule has 0 N–H and O–H groups in total. The molecule has 1 heterocycles. The lowest BCUT2D eigenvalue weighted by Crippen LogP contribution is -2.11. The minimum atomic E-state index is 0.318. The SMILES string of the molecule is c1ccc2cc(C3CCCCO3)ccc2c1. The lowest BCUT2D eigenvalue weighted by molar-refractivity contribution is 0.0150. The molecular weight excluding hydrogens is 196 g/mol. The first kappa shape index (κ1) is 9.86. The average Bonchev–Trinajstić information content (AvgIpc) is 2.39. The number of fused-ring (bicyclic) bond motifs is 1. The number of ether oxygens (including phenoxy) is 1. The Labute approximate surface area is 96.0 Å². The highest BCUT2D eigenvalue weighted by Gasteiger charge is 2.15. The molecule has 2 aromatic carbocycles. The molecule has 82 valence electrons. The minimum absolute atomic E-state index is 0.318. The second-order valence-corrected chi connectivity index (χ2v) is 4.46. The van der Waals surface area contributed by atoms with Crippen LogP contribution in [0.2, 0.25) is 0 Å². The van der Waals surface area contributed by atoms with E-state index in [2.05, 4.69) is 42.5 Å². The van der Waals surface area contributed by atoms with Crippen molar-refractivity contribution in [3.63, 3.8) is 0 Å². The maximum Gasteiger partial charge on any atom is 0.0825 e. The Kier molecular flexibility index (Phi) is 2.63. The van der Waals surface area contributed by atoms with Crippen molar-refractivity contribution in [1.82, 2.24) is 0 Å². The maximum absolute atomic E-state index is 5.81. The van der Waals surface area contributed by atoms with Gasteiger partial charge in [-0.15, -0.1) is 0 Å². The van der Waals surface area contributed by atoms with Crippen molar-refractivity contribution in [2.24, 2.45) is 0 Å². The first-order chi connectivity index (χ1) is 7.93. The molecule has 1 atom stereocenters. The molecular formula is C15H16O. The molecule has 0 bridgehead atoms. The van der Waals surface area contributed by atoms with Gasteiger partial charge in [0.05, 0.1) is 6.10 Å².